The molecule has 1 aromatic rings. The monoisotopic (exact) mass is 395 g/mol. The maximum atomic E-state index is 11.9. The van der Waals surface area contributed by atoms with Crippen LogP contribution in [0.4, 0.5) is 0 Å². The van der Waals surface area contributed by atoms with Crippen molar-refractivity contribution >= 4 is 44.4 Å². The third-order valence-electron chi connectivity index (χ3n) is 2.31. The van der Waals surface area contributed by atoms with Gasteiger partial charge in [0, 0.05) is 15.4 Å². The number of aryl methyl sites for hydroxylation is 1. The van der Waals surface area contributed by atoms with Crippen LogP contribution in [0.3, 0.4) is 0 Å². The second kappa shape index (κ2) is 6.59. The van der Waals surface area contributed by atoms with Gasteiger partial charge in [0.25, 0.3) is 5.91 Å². The summed E-state index contributed by atoms with van der Waals surface area (Å²) in [6, 6.07) is 5.79. The quantitative estimate of drug-likeness (QED) is 0.614. The molecule has 1 unspecified atom stereocenters. The van der Waals surface area contributed by atoms with Crippen LogP contribution in [0.1, 0.15) is 22.8 Å². The molecule has 0 aliphatic carbocycles. The molecule has 1 atom stereocenters. The average molecular weight is 396 g/mol. The molecule has 0 aromatic heterocycles. The van der Waals surface area contributed by atoms with Crippen LogP contribution in [0.25, 0.3) is 0 Å². The zero-order chi connectivity index (χ0) is 12.1. The van der Waals surface area contributed by atoms with Crippen LogP contribution in [0.5, 0.6) is 0 Å². The lowest BCUT2D eigenvalue weighted by molar-refractivity contribution is 0.0948. The van der Waals surface area contributed by atoms with Crippen molar-refractivity contribution in [2.24, 2.45) is 5.92 Å². The first-order valence-corrected chi connectivity index (χ1v) is 7.35. The highest BCUT2D eigenvalue weighted by Gasteiger charge is 2.11. The van der Waals surface area contributed by atoms with Gasteiger partial charge in [-0.25, -0.2) is 0 Å². The second-order valence-electron chi connectivity index (χ2n) is 3.91. The topological polar surface area (TPSA) is 29.1 Å². The number of alkyl halides is 1. The van der Waals surface area contributed by atoms with Gasteiger partial charge in [-0.2, -0.15) is 0 Å². The predicted octanol–water partition coefficient (Wildman–Crippen LogP) is 3.36. The SMILES string of the molecule is Cc1cccc(C(=O)NCC(C)CBr)c1I. The third-order valence-corrected chi connectivity index (χ3v) is 4.85. The zero-order valence-corrected chi connectivity index (χ0v) is 13.1. The molecule has 1 N–H and O–H groups in total. The van der Waals surface area contributed by atoms with Gasteiger partial charge in [0.1, 0.15) is 0 Å². The molecule has 16 heavy (non-hydrogen) atoms. The minimum Gasteiger partial charge on any atom is -0.352 e. The molecule has 0 spiro atoms. The van der Waals surface area contributed by atoms with Gasteiger partial charge in [0.2, 0.25) is 0 Å². The first-order chi connectivity index (χ1) is 7.56. The fourth-order valence-corrected chi connectivity index (χ4v) is 2.07. The number of benzene rings is 1. The van der Waals surface area contributed by atoms with E-state index < -0.39 is 0 Å². The van der Waals surface area contributed by atoms with E-state index in [0.29, 0.717) is 12.5 Å². The molecule has 88 valence electrons. The van der Waals surface area contributed by atoms with Crippen molar-refractivity contribution in [3.05, 3.63) is 32.9 Å². The largest absolute Gasteiger partial charge is 0.352 e. The van der Waals surface area contributed by atoms with Crippen molar-refractivity contribution in [2.75, 3.05) is 11.9 Å². The van der Waals surface area contributed by atoms with E-state index in [4.69, 9.17) is 0 Å². The van der Waals surface area contributed by atoms with Gasteiger partial charge in [-0.15, -0.1) is 0 Å². The molecule has 1 amide bonds. The van der Waals surface area contributed by atoms with Gasteiger partial charge in [-0.1, -0.05) is 35.0 Å². The fraction of sp³-hybridized carbons (Fsp3) is 0.417. The Morgan fingerprint density at radius 3 is 2.88 bits per heavy atom. The number of hydrogen-bond donors (Lipinski definition) is 1. The van der Waals surface area contributed by atoms with Crippen LogP contribution in [0, 0.1) is 16.4 Å². The summed E-state index contributed by atoms with van der Waals surface area (Å²) >= 11 is 5.61. The molecule has 2 nitrogen and oxygen atoms in total. The maximum Gasteiger partial charge on any atom is 0.252 e. The van der Waals surface area contributed by atoms with Crippen LogP contribution < -0.4 is 5.32 Å². The highest BCUT2D eigenvalue weighted by molar-refractivity contribution is 14.1. The summed E-state index contributed by atoms with van der Waals surface area (Å²) in [7, 11) is 0. The lowest BCUT2D eigenvalue weighted by atomic mass is 10.1. The van der Waals surface area contributed by atoms with Crippen LogP contribution in [-0.2, 0) is 0 Å². The lowest BCUT2D eigenvalue weighted by Gasteiger charge is -2.11. The predicted molar refractivity (Wildman–Crippen MR) is 79.2 cm³/mol. The molecular weight excluding hydrogens is 381 g/mol. The first-order valence-electron chi connectivity index (χ1n) is 5.15. The summed E-state index contributed by atoms with van der Waals surface area (Å²) in [6.07, 6.45) is 0. The summed E-state index contributed by atoms with van der Waals surface area (Å²) in [5.41, 5.74) is 1.91. The average Bonchev–Trinajstić information content (AvgIpc) is 2.29. The van der Waals surface area contributed by atoms with Crippen molar-refractivity contribution in [3.63, 3.8) is 0 Å². The Balaban J connectivity index is 2.70. The molecule has 0 aliphatic rings. The van der Waals surface area contributed by atoms with Crippen molar-refractivity contribution in [1.82, 2.24) is 5.32 Å². The fourth-order valence-electron chi connectivity index (χ4n) is 1.24. The summed E-state index contributed by atoms with van der Waals surface area (Å²) in [5, 5.41) is 3.84. The standard InChI is InChI=1S/C12H15BrINO/c1-8(6-13)7-15-12(16)10-5-3-4-9(2)11(10)14/h3-5,8H,6-7H2,1-2H3,(H,15,16). The van der Waals surface area contributed by atoms with Gasteiger partial charge in [-0.05, 0) is 47.1 Å². The normalized spacial score (nSPS) is 12.2. The van der Waals surface area contributed by atoms with Crippen LogP contribution >= 0.6 is 38.5 Å². The van der Waals surface area contributed by atoms with Gasteiger partial charge in [0.05, 0.1) is 5.56 Å². The van der Waals surface area contributed by atoms with E-state index in [0.717, 1.165) is 20.0 Å². The smallest absolute Gasteiger partial charge is 0.252 e. The van der Waals surface area contributed by atoms with Crippen molar-refractivity contribution in [2.45, 2.75) is 13.8 Å². The number of amides is 1. The minimum absolute atomic E-state index is 0.0147. The first kappa shape index (κ1) is 14.0. The Morgan fingerprint density at radius 1 is 1.56 bits per heavy atom. The molecule has 1 rings (SSSR count). The number of rotatable bonds is 4. The Labute approximate surface area is 118 Å². The summed E-state index contributed by atoms with van der Waals surface area (Å²) in [6.45, 7) is 4.81. The van der Waals surface area contributed by atoms with Crippen LogP contribution in [0.15, 0.2) is 18.2 Å². The third kappa shape index (κ3) is 3.73. The summed E-state index contributed by atoms with van der Waals surface area (Å²) < 4.78 is 1.03. The van der Waals surface area contributed by atoms with Crippen LogP contribution in [-0.4, -0.2) is 17.8 Å². The van der Waals surface area contributed by atoms with E-state index in [1.807, 2.05) is 25.1 Å². The van der Waals surface area contributed by atoms with Crippen molar-refractivity contribution in [1.29, 1.82) is 0 Å². The Bertz CT molecular complexity index is 381. The molecule has 1 aromatic carbocycles. The molecule has 0 saturated carbocycles. The van der Waals surface area contributed by atoms with Crippen LogP contribution in [0.2, 0.25) is 0 Å². The lowest BCUT2D eigenvalue weighted by Crippen LogP contribution is -2.29. The van der Waals surface area contributed by atoms with E-state index in [2.05, 4.69) is 50.8 Å². The Hall–Kier alpha value is -0.100. The number of carbonyl (C=O) groups excluding carboxylic acids is 1. The van der Waals surface area contributed by atoms with Crippen molar-refractivity contribution in [3.8, 4) is 0 Å². The van der Waals surface area contributed by atoms with E-state index in [1.165, 1.54) is 0 Å². The number of carbonyl (C=O) groups is 1. The van der Waals surface area contributed by atoms with E-state index in [1.54, 1.807) is 0 Å². The molecule has 0 saturated heterocycles. The van der Waals surface area contributed by atoms with Gasteiger partial charge < -0.3 is 5.32 Å². The van der Waals surface area contributed by atoms with E-state index in [-0.39, 0.29) is 5.91 Å². The second-order valence-corrected chi connectivity index (χ2v) is 5.63. The highest BCUT2D eigenvalue weighted by atomic mass is 127. The maximum absolute atomic E-state index is 11.9. The molecule has 0 fully saturated rings. The number of hydrogen-bond acceptors (Lipinski definition) is 1. The zero-order valence-electron chi connectivity index (χ0n) is 9.39. The van der Waals surface area contributed by atoms with Gasteiger partial charge >= 0.3 is 0 Å². The van der Waals surface area contributed by atoms with Gasteiger partial charge in [0.15, 0.2) is 0 Å². The summed E-state index contributed by atoms with van der Waals surface area (Å²) in [5.74, 6) is 0.465. The van der Waals surface area contributed by atoms with E-state index in [9.17, 15) is 4.79 Å². The van der Waals surface area contributed by atoms with Gasteiger partial charge in [-0.3, -0.25) is 4.79 Å². The number of halogens is 2. The number of nitrogens with one attached hydrogen (secondary N) is 1. The van der Waals surface area contributed by atoms with E-state index >= 15 is 0 Å². The molecule has 0 heterocycles. The molecule has 0 bridgehead atoms. The molecule has 0 aliphatic heterocycles. The molecule has 4 heteroatoms. The molecular formula is C12H15BrINO. The Morgan fingerprint density at radius 2 is 2.25 bits per heavy atom. The summed E-state index contributed by atoms with van der Waals surface area (Å²) in [4.78, 5) is 11.9. The van der Waals surface area contributed by atoms with Crippen molar-refractivity contribution < 1.29 is 4.79 Å². The molecule has 0 radical (unpaired) electrons. The Kier molecular flexibility index (Phi) is 5.75. The minimum atomic E-state index is 0.0147. The highest BCUT2D eigenvalue weighted by Crippen LogP contribution is 2.16.